The van der Waals surface area contributed by atoms with Gasteiger partial charge in [0.05, 0.1) is 5.70 Å². The van der Waals surface area contributed by atoms with Crippen molar-refractivity contribution in [3.05, 3.63) is 71.3 Å². The van der Waals surface area contributed by atoms with Crippen molar-refractivity contribution in [3.8, 4) is 0 Å². The number of likely N-dealkylation sites (N-methyl/N-ethyl adjacent to an activating group) is 1. The molecule has 3 aliphatic rings. The number of nitrogens with zero attached hydrogens (tertiary/aromatic N) is 3. The second-order valence-electron chi connectivity index (χ2n) is 8.66. The lowest BCUT2D eigenvalue weighted by atomic mass is 9.89. The Morgan fingerprint density at radius 1 is 1.07 bits per heavy atom. The van der Waals surface area contributed by atoms with Crippen LogP contribution in [0.1, 0.15) is 36.0 Å². The van der Waals surface area contributed by atoms with Gasteiger partial charge in [0.15, 0.2) is 5.78 Å². The van der Waals surface area contributed by atoms with Gasteiger partial charge < -0.3 is 14.7 Å². The van der Waals surface area contributed by atoms with Crippen molar-refractivity contribution in [2.24, 2.45) is 5.92 Å². The lowest BCUT2D eigenvalue weighted by molar-refractivity contribution is 0.0838. The fraction of sp³-hybridized carbons (Fsp3) is 0.480. The summed E-state index contributed by atoms with van der Waals surface area (Å²) in [5.41, 5.74) is 3.35. The van der Waals surface area contributed by atoms with Gasteiger partial charge in [0, 0.05) is 44.4 Å². The van der Waals surface area contributed by atoms with E-state index in [-0.39, 0.29) is 17.5 Å². The Bertz CT molecular complexity index is 834. The van der Waals surface area contributed by atoms with E-state index in [9.17, 15) is 9.18 Å². The fourth-order valence-corrected chi connectivity index (χ4v) is 4.63. The average molecular weight is 410 g/mol. The zero-order valence-corrected chi connectivity index (χ0v) is 17.9. The predicted octanol–water partition coefficient (Wildman–Crippen LogP) is 4.09. The summed E-state index contributed by atoms with van der Waals surface area (Å²) in [6.45, 7) is 6.13. The summed E-state index contributed by atoms with van der Waals surface area (Å²) in [7, 11) is 2.13. The van der Waals surface area contributed by atoms with Crippen LogP contribution in [-0.4, -0.2) is 66.8 Å². The number of Topliss-reactive ketones (excluding diaryl/α,β-unsaturated/α-hetero) is 1. The number of carbonyl (C=O) groups excluding carboxylic acids is 1. The van der Waals surface area contributed by atoms with Gasteiger partial charge in [0.1, 0.15) is 5.82 Å². The first-order chi connectivity index (χ1) is 14.6. The van der Waals surface area contributed by atoms with Crippen LogP contribution in [0.2, 0.25) is 0 Å². The standard InChI is InChI=1S/C25H32FN3O/c1-27-13-4-5-20-12-18-29(24(20)19-27)15-3-2-14-28-16-10-22(11-17-28)25(30)21-6-8-23(26)9-7-21/h4-9,12,19,22H,2-3,10-11,13-18H2,1H3. The molecule has 30 heavy (non-hydrogen) atoms. The summed E-state index contributed by atoms with van der Waals surface area (Å²) < 4.78 is 13.1. The maximum Gasteiger partial charge on any atom is 0.166 e. The quantitative estimate of drug-likeness (QED) is 0.501. The zero-order chi connectivity index (χ0) is 20.9. The molecule has 3 heterocycles. The number of unbranched alkanes of at least 4 members (excludes halogenated alkanes) is 1. The van der Waals surface area contributed by atoms with Crippen LogP contribution in [0.25, 0.3) is 0 Å². The third-order valence-electron chi connectivity index (χ3n) is 6.44. The van der Waals surface area contributed by atoms with Crippen molar-refractivity contribution in [2.45, 2.75) is 25.7 Å². The maximum absolute atomic E-state index is 13.1. The average Bonchev–Trinajstić information content (AvgIpc) is 3.02. The van der Waals surface area contributed by atoms with E-state index in [1.807, 2.05) is 0 Å². The number of piperidine rings is 1. The van der Waals surface area contributed by atoms with E-state index in [0.29, 0.717) is 5.56 Å². The molecule has 0 N–H and O–H groups in total. The third kappa shape index (κ3) is 5.01. The molecular weight excluding hydrogens is 377 g/mol. The molecule has 4 nitrogen and oxygen atoms in total. The number of hydrogen-bond donors (Lipinski definition) is 0. The first kappa shape index (κ1) is 20.9. The SMILES string of the molecule is CN1C=C2C(=CCN2CCCCN2CCC(C(=O)c3ccc(F)cc3)CC2)C=CC1. The van der Waals surface area contributed by atoms with Crippen molar-refractivity contribution in [1.29, 1.82) is 0 Å². The summed E-state index contributed by atoms with van der Waals surface area (Å²) in [5.74, 6) is -0.0446. The van der Waals surface area contributed by atoms with Gasteiger partial charge in [-0.3, -0.25) is 4.79 Å². The normalized spacial score (nSPS) is 20.1. The van der Waals surface area contributed by atoms with Crippen molar-refractivity contribution in [1.82, 2.24) is 14.7 Å². The van der Waals surface area contributed by atoms with Gasteiger partial charge in [-0.1, -0.05) is 18.2 Å². The number of benzene rings is 1. The summed E-state index contributed by atoms with van der Waals surface area (Å²) >= 11 is 0. The number of halogens is 1. The molecule has 1 fully saturated rings. The van der Waals surface area contributed by atoms with E-state index < -0.39 is 0 Å². The van der Waals surface area contributed by atoms with Gasteiger partial charge in [-0.25, -0.2) is 4.39 Å². The van der Waals surface area contributed by atoms with Crippen molar-refractivity contribution < 1.29 is 9.18 Å². The van der Waals surface area contributed by atoms with Crippen LogP contribution in [0.4, 0.5) is 4.39 Å². The highest BCUT2D eigenvalue weighted by Crippen LogP contribution is 2.26. The lowest BCUT2D eigenvalue weighted by Gasteiger charge is -2.31. The lowest BCUT2D eigenvalue weighted by Crippen LogP contribution is -2.37. The van der Waals surface area contributed by atoms with Crippen LogP contribution in [0, 0.1) is 11.7 Å². The minimum absolute atomic E-state index is 0.0769. The molecule has 0 amide bonds. The molecule has 0 aliphatic carbocycles. The minimum Gasteiger partial charge on any atom is -0.375 e. The number of ketones is 1. The minimum atomic E-state index is -0.291. The highest BCUT2D eigenvalue weighted by molar-refractivity contribution is 5.97. The van der Waals surface area contributed by atoms with E-state index in [0.717, 1.165) is 52.1 Å². The van der Waals surface area contributed by atoms with Crippen LogP contribution in [-0.2, 0) is 0 Å². The Morgan fingerprint density at radius 2 is 1.80 bits per heavy atom. The van der Waals surface area contributed by atoms with Crippen LogP contribution in [0.5, 0.6) is 0 Å². The molecule has 0 aromatic heterocycles. The molecule has 0 spiro atoms. The van der Waals surface area contributed by atoms with Crippen LogP contribution in [0.15, 0.2) is 60.0 Å². The van der Waals surface area contributed by atoms with E-state index in [2.05, 4.69) is 46.2 Å². The Morgan fingerprint density at radius 3 is 2.57 bits per heavy atom. The molecule has 0 radical (unpaired) electrons. The summed E-state index contributed by atoms with van der Waals surface area (Å²) in [6, 6.07) is 5.97. The molecule has 1 saturated heterocycles. The van der Waals surface area contributed by atoms with Gasteiger partial charge in [-0.15, -0.1) is 0 Å². The number of carbonyl (C=O) groups is 1. The number of hydrogen-bond acceptors (Lipinski definition) is 4. The molecule has 0 saturated carbocycles. The molecule has 0 atom stereocenters. The van der Waals surface area contributed by atoms with Crippen molar-refractivity contribution >= 4 is 5.78 Å². The topological polar surface area (TPSA) is 26.8 Å². The van der Waals surface area contributed by atoms with E-state index in [1.54, 1.807) is 12.1 Å². The molecule has 5 heteroatoms. The maximum atomic E-state index is 13.1. The highest BCUT2D eigenvalue weighted by Gasteiger charge is 2.26. The second kappa shape index (κ2) is 9.61. The Balaban J connectivity index is 1.17. The van der Waals surface area contributed by atoms with Gasteiger partial charge in [0.25, 0.3) is 0 Å². The van der Waals surface area contributed by atoms with Gasteiger partial charge >= 0.3 is 0 Å². The zero-order valence-electron chi connectivity index (χ0n) is 17.9. The second-order valence-corrected chi connectivity index (χ2v) is 8.66. The Kier molecular flexibility index (Phi) is 6.68. The number of fused-ring (bicyclic) bond motifs is 1. The molecule has 1 aromatic rings. The summed E-state index contributed by atoms with van der Waals surface area (Å²) in [4.78, 5) is 19.8. The van der Waals surface area contributed by atoms with E-state index in [4.69, 9.17) is 0 Å². The number of rotatable bonds is 7. The largest absolute Gasteiger partial charge is 0.375 e. The van der Waals surface area contributed by atoms with Crippen molar-refractivity contribution in [3.63, 3.8) is 0 Å². The Hall–Kier alpha value is -2.40. The smallest absolute Gasteiger partial charge is 0.166 e. The van der Waals surface area contributed by atoms with E-state index in [1.165, 1.54) is 36.2 Å². The predicted molar refractivity (Wildman–Crippen MR) is 119 cm³/mol. The molecule has 160 valence electrons. The summed E-state index contributed by atoms with van der Waals surface area (Å²) in [5, 5.41) is 0. The first-order valence-electron chi connectivity index (χ1n) is 11.2. The van der Waals surface area contributed by atoms with E-state index >= 15 is 0 Å². The third-order valence-corrected chi connectivity index (χ3v) is 6.44. The van der Waals surface area contributed by atoms with Gasteiger partial charge in [-0.2, -0.15) is 0 Å². The molecule has 1 aromatic carbocycles. The summed E-state index contributed by atoms with van der Waals surface area (Å²) in [6.07, 6.45) is 13.2. The highest BCUT2D eigenvalue weighted by atomic mass is 19.1. The fourth-order valence-electron chi connectivity index (χ4n) is 4.63. The molecule has 0 unspecified atom stereocenters. The monoisotopic (exact) mass is 409 g/mol. The Labute approximate surface area is 179 Å². The number of likely N-dealkylation sites (tertiary alicyclic amines) is 1. The molecular formula is C25H32FN3O. The van der Waals surface area contributed by atoms with Crippen molar-refractivity contribution in [2.75, 3.05) is 46.3 Å². The van der Waals surface area contributed by atoms with Crippen LogP contribution in [0.3, 0.4) is 0 Å². The molecule has 0 bridgehead atoms. The number of allylic oxidation sites excluding steroid dienone is 1. The molecule has 3 aliphatic heterocycles. The molecule has 4 rings (SSSR count). The van der Waals surface area contributed by atoms with Gasteiger partial charge in [-0.05, 0) is 75.2 Å². The van der Waals surface area contributed by atoms with Gasteiger partial charge in [0.2, 0.25) is 0 Å². The van der Waals surface area contributed by atoms with Crippen LogP contribution < -0.4 is 0 Å². The first-order valence-corrected chi connectivity index (χ1v) is 11.2. The van der Waals surface area contributed by atoms with Crippen LogP contribution >= 0.6 is 0 Å².